The van der Waals surface area contributed by atoms with Crippen molar-refractivity contribution >= 4 is 38.6 Å². The molecule has 0 spiro atoms. The number of aryl methyl sites for hydroxylation is 1. The molecule has 6 heteroatoms. The highest BCUT2D eigenvalue weighted by Crippen LogP contribution is 2.23. The van der Waals surface area contributed by atoms with Crippen LogP contribution in [-0.2, 0) is 0 Å². The number of halogens is 1. The molecule has 0 radical (unpaired) electrons. The van der Waals surface area contributed by atoms with Gasteiger partial charge < -0.3 is 5.32 Å². The molecule has 0 amide bonds. The molecule has 3 rings (SSSR count). The minimum absolute atomic E-state index is 0.0421. The maximum absolute atomic E-state index is 12.3. The van der Waals surface area contributed by atoms with Crippen molar-refractivity contribution in [3.05, 3.63) is 56.9 Å². The van der Waals surface area contributed by atoms with Gasteiger partial charge in [0.2, 0.25) is 5.95 Å². The highest BCUT2D eigenvalue weighted by atomic mass is 79.9. The average molecular weight is 387 g/mol. The van der Waals surface area contributed by atoms with Crippen molar-refractivity contribution in [2.45, 2.75) is 33.2 Å². The van der Waals surface area contributed by atoms with E-state index in [1.807, 2.05) is 32.0 Å². The third-order valence-corrected chi connectivity index (χ3v) is 4.98. The van der Waals surface area contributed by atoms with Gasteiger partial charge in [-0.05, 0) is 44.0 Å². The smallest absolute Gasteiger partial charge is 0.252 e. The Labute approximate surface area is 148 Å². The number of nitrogens with zero attached hydrogens (tertiary/aromatic N) is 3. The Morgan fingerprint density at radius 2 is 2.08 bits per heavy atom. The van der Waals surface area contributed by atoms with E-state index in [1.54, 1.807) is 22.9 Å². The number of rotatable bonds is 4. The Bertz CT molecular complexity index is 951. The van der Waals surface area contributed by atoms with E-state index < -0.39 is 0 Å². The van der Waals surface area contributed by atoms with Gasteiger partial charge in [0, 0.05) is 33.9 Å². The van der Waals surface area contributed by atoms with Crippen LogP contribution in [0.3, 0.4) is 0 Å². The van der Waals surface area contributed by atoms with E-state index in [4.69, 9.17) is 0 Å². The monoisotopic (exact) mass is 386 g/mol. The molecule has 3 aromatic rings. The van der Waals surface area contributed by atoms with Crippen molar-refractivity contribution in [3.8, 4) is 0 Å². The molecule has 5 nitrogen and oxygen atoms in total. The van der Waals surface area contributed by atoms with E-state index in [-0.39, 0.29) is 11.6 Å². The van der Waals surface area contributed by atoms with Gasteiger partial charge in [-0.25, -0.2) is 4.98 Å². The molecule has 1 unspecified atom stereocenters. The lowest BCUT2D eigenvalue weighted by Gasteiger charge is -2.16. The molecular weight excluding hydrogens is 368 g/mol. The standard InChI is InChI=1S/C18H19BrN4O/c1-4-12(3)23-16(24)8-6-13-10-20-18(22-17(13)23)21-14-7-5-11(2)15(19)9-14/h5-10,12H,4H2,1-3H3,(H,20,21,22). The summed E-state index contributed by atoms with van der Waals surface area (Å²) in [6.07, 6.45) is 2.60. The molecule has 124 valence electrons. The summed E-state index contributed by atoms with van der Waals surface area (Å²) < 4.78 is 2.75. The van der Waals surface area contributed by atoms with Gasteiger partial charge in [0.25, 0.3) is 5.56 Å². The van der Waals surface area contributed by atoms with E-state index in [9.17, 15) is 4.79 Å². The maximum Gasteiger partial charge on any atom is 0.252 e. The largest absolute Gasteiger partial charge is 0.324 e. The van der Waals surface area contributed by atoms with Gasteiger partial charge in [-0.15, -0.1) is 0 Å². The Balaban J connectivity index is 2.06. The molecule has 1 aromatic carbocycles. The topological polar surface area (TPSA) is 59.8 Å². The zero-order valence-electron chi connectivity index (χ0n) is 13.9. The predicted molar refractivity (Wildman–Crippen MR) is 101 cm³/mol. The molecule has 0 saturated carbocycles. The summed E-state index contributed by atoms with van der Waals surface area (Å²) in [5.74, 6) is 0.473. The van der Waals surface area contributed by atoms with Crippen LogP contribution in [0, 0.1) is 6.92 Å². The summed E-state index contributed by atoms with van der Waals surface area (Å²) >= 11 is 3.52. The van der Waals surface area contributed by atoms with Crippen LogP contribution in [0.2, 0.25) is 0 Å². The van der Waals surface area contributed by atoms with Crippen LogP contribution in [-0.4, -0.2) is 14.5 Å². The second-order valence-electron chi connectivity index (χ2n) is 5.86. The summed E-state index contributed by atoms with van der Waals surface area (Å²) in [6.45, 7) is 6.11. The van der Waals surface area contributed by atoms with Crippen LogP contribution < -0.4 is 10.9 Å². The quantitative estimate of drug-likeness (QED) is 0.712. The van der Waals surface area contributed by atoms with E-state index in [1.165, 1.54) is 0 Å². The molecule has 2 aromatic heterocycles. The Morgan fingerprint density at radius 1 is 1.29 bits per heavy atom. The molecule has 0 fully saturated rings. The Kier molecular flexibility index (Phi) is 4.66. The number of benzene rings is 1. The first kappa shape index (κ1) is 16.6. The summed E-state index contributed by atoms with van der Waals surface area (Å²) in [5.41, 5.74) is 2.66. The van der Waals surface area contributed by atoms with Crippen molar-refractivity contribution in [2.75, 3.05) is 5.32 Å². The van der Waals surface area contributed by atoms with Gasteiger partial charge in [-0.2, -0.15) is 4.98 Å². The summed E-state index contributed by atoms with van der Waals surface area (Å²) in [6, 6.07) is 9.39. The molecule has 1 N–H and O–H groups in total. The molecule has 0 bridgehead atoms. The van der Waals surface area contributed by atoms with Gasteiger partial charge in [-0.1, -0.05) is 28.9 Å². The third-order valence-electron chi connectivity index (χ3n) is 4.13. The second kappa shape index (κ2) is 6.73. The van der Waals surface area contributed by atoms with Crippen LogP contribution in [0.15, 0.2) is 45.8 Å². The van der Waals surface area contributed by atoms with Crippen LogP contribution in [0.5, 0.6) is 0 Å². The fourth-order valence-electron chi connectivity index (χ4n) is 2.51. The van der Waals surface area contributed by atoms with Crippen molar-refractivity contribution in [2.24, 2.45) is 0 Å². The van der Waals surface area contributed by atoms with Crippen molar-refractivity contribution in [3.63, 3.8) is 0 Å². The highest BCUT2D eigenvalue weighted by Gasteiger charge is 2.11. The second-order valence-corrected chi connectivity index (χ2v) is 6.71. The molecule has 24 heavy (non-hydrogen) atoms. The first-order valence-electron chi connectivity index (χ1n) is 7.91. The average Bonchev–Trinajstić information content (AvgIpc) is 2.57. The van der Waals surface area contributed by atoms with Crippen molar-refractivity contribution in [1.29, 1.82) is 0 Å². The summed E-state index contributed by atoms with van der Waals surface area (Å²) in [5, 5.41) is 4.05. The van der Waals surface area contributed by atoms with Crippen LogP contribution >= 0.6 is 15.9 Å². The normalized spacial score (nSPS) is 12.3. The number of hydrogen-bond acceptors (Lipinski definition) is 4. The van der Waals surface area contributed by atoms with Gasteiger partial charge in [-0.3, -0.25) is 9.36 Å². The van der Waals surface area contributed by atoms with E-state index in [0.29, 0.717) is 11.6 Å². The zero-order valence-corrected chi connectivity index (χ0v) is 15.5. The minimum atomic E-state index is -0.0421. The van der Waals surface area contributed by atoms with Crippen LogP contribution in [0.1, 0.15) is 31.9 Å². The molecule has 2 heterocycles. The van der Waals surface area contributed by atoms with Gasteiger partial charge in [0.1, 0.15) is 5.65 Å². The van der Waals surface area contributed by atoms with Gasteiger partial charge in [0.05, 0.1) is 0 Å². The first-order valence-corrected chi connectivity index (χ1v) is 8.70. The summed E-state index contributed by atoms with van der Waals surface area (Å²) in [4.78, 5) is 21.2. The summed E-state index contributed by atoms with van der Waals surface area (Å²) in [7, 11) is 0. The Hall–Kier alpha value is -2.21. The van der Waals surface area contributed by atoms with Gasteiger partial charge >= 0.3 is 0 Å². The molecule has 0 saturated heterocycles. The minimum Gasteiger partial charge on any atom is -0.324 e. The van der Waals surface area contributed by atoms with Gasteiger partial charge in [0.15, 0.2) is 0 Å². The van der Waals surface area contributed by atoms with Crippen LogP contribution in [0.25, 0.3) is 11.0 Å². The number of aromatic nitrogens is 3. The molecule has 0 aliphatic heterocycles. The number of pyridine rings is 1. The molecular formula is C18H19BrN4O. The van der Waals surface area contributed by atoms with E-state index in [0.717, 1.165) is 27.5 Å². The maximum atomic E-state index is 12.3. The number of nitrogens with one attached hydrogen (secondary N) is 1. The predicted octanol–water partition coefficient (Wildman–Crippen LogP) is 4.58. The van der Waals surface area contributed by atoms with Crippen LogP contribution in [0.4, 0.5) is 11.6 Å². The zero-order chi connectivity index (χ0) is 17.3. The van der Waals surface area contributed by atoms with E-state index >= 15 is 0 Å². The number of hydrogen-bond donors (Lipinski definition) is 1. The molecule has 1 atom stereocenters. The molecule has 0 aliphatic rings. The van der Waals surface area contributed by atoms with Crippen molar-refractivity contribution in [1.82, 2.24) is 14.5 Å². The number of fused-ring (bicyclic) bond motifs is 1. The number of anilines is 2. The Morgan fingerprint density at radius 3 is 2.79 bits per heavy atom. The van der Waals surface area contributed by atoms with Crippen molar-refractivity contribution < 1.29 is 0 Å². The first-order chi connectivity index (χ1) is 11.5. The highest BCUT2D eigenvalue weighted by molar-refractivity contribution is 9.10. The SMILES string of the molecule is CCC(C)n1c(=O)ccc2cnc(Nc3ccc(C)c(Br)c3)nc21. The lowest BCUT2D eigenvalue weighted by molar-refractivity contribution is 0.528. The fourth-order valence-corrected chi connectivity index (χ4v) is 2.89. The molecule has 0 aliphatic carbocycles. The van der Waals surface area contributed by atoms with E-state index in [2.05, 4.69) is 38.1 Å². The lowest BCUT2D eigenvalue weighted by Crippen LogP contribution is -2.23. The fraction of sp³-hybridized carbons (Fsp3) is 0.278. The third kappa shape index (κ3) is 3.19. The lowest BCUT2D eigenvalue weighted by atomic mass is 10.2.